The molecule has 1 fully saturated rings. The fraction of sp³-hybridized carbons (Fsp3) is 0.579. The van der Waals surface area contributed by atoms with Crippen LogP contribution < -0.4 is 10.1 Å². The standard InChI is InChI=1S/C19H29N3O3.HI/c1-15-13-22(14-17(15)18(23)24-3)19(20-2)21-11-7-8-12-25-16-9-5-4-6-10-16;/h4-6,9-10,15,17H,7-8,11-14H2,1-3H3,(H,20,21);1H. The second kappa shape index (κ2) is 12.0. The van der Waals surface area contributed by atoms with Crippen molar-refractivity contribution in [3.8, 4) is 5.75 Å². The predicted octanol–water partition coefficient (Wildman–Crippen LogP) is 2.78. The van der Waals surface area contributed by atoms with Crippen LogP contribution in [0.1, 0.15) is 19.8 Å². The number of nitrogens with one attached hydrogen (secondary N) is 1. The molecule has 26 heavy (non-hydrogen) atoms. The van der Waals surface area contributed by atoms with E-state index in [1.165, 1.54) is 7.11 Å². The van der Waals surface area contributed by atoms with E-state index in [4.69, 9.17) is 9.47 Å². The van der Waals surface area contributed by atoms with Crippen LogP contribution in [-0.4, -0.2) is 57.2 Å². The monoisotopic (exact) mass is 475 g/mol. The van der Waals surface area contributed by atoms with E-state index in [9.17, 15) is 4.79 Å². The van der Waals surface area contributed by atoms with E-state index < -0.39 is 0 Å². The van der Waals surface area contributed by atoms with Crippen molar-refractivity contribution in [2.75, 3.05) is 40.4 Å². The number of guanidine groups is 1. The number of unbranched alkanes of at least 4 members (excludes halogenated alkanes) is 1. The third kappa shape index (κ3) is 6.66. The van der Waals surface area contributed by atoms with Crippen molar-refractivity contribution >= 4 is 35.9 Å². The lowest BCUT2D eigenvalue weighted by Gasteiger charge is -2.21. The zero-order valence-corrected chi connectivity index (χ0v) is 18.1. The molecule has 0 bridgehead atoms. The lowest BCUT2D eigenvalue weighted by molar-refractivity contribution is -0.145. The maximum Gasteiger partial charge on any atom is 0.310 e. The van der Waals surface area contributed by atoms with Gasteiger partial charge in [0.1, 0.15) is 5.75 Å². The Kier molecular flexibility index (Phi) is 10.4. The van der Waals surface area contributed by atoms with Crippen LogP contribution in [0.4, 0.5) is 0 Å². The summed E-state index contributed by atoms with van der Waals surface area (Å²) in [5.74, 6) is 1.81. The topological polar surface area (TPSA) is 63.2 Å². The number of hydrogen-bond acceptors (Lipinski definition) is 4. The molecule has 1 heterocycles. The molecule has 146 valence electrons. The van der Waals surface area contributed by atoms with Crippen LogP contribution in [0.5, 0.6) is 5.75 Å². The van der Waals surface area contributed by atoms with Crippen LogP contribution in [0, 0.1) is 11.8 Å². The van der Waals surface area contributed by atoms with Gasteiger partial charge in [-0.3, -0.25) is 9.79 Å². The minimum absolute atomic E-state index is 0. The summed E-state index contributed by atoms with van der Waals surface area (Å²) in [6.07, 6.45) is 1.97. The van der Waals surface area contributed by atoms with Gasteiger partial charge in [-0.25, -0.2) is 0 Å². The van der Waals surface area contributed by atoms with Crippen molar-refractivity contribution in [2.24, 2.45) is 16.8 Å². The normalized spacial score (nSPS) is 19.7. The lowest BCUT2D eigenvalue weighted by Crippen LogP contribution is -2.41. The Labute approximate surface area is 173 Å². The Hall–Kier alpha value is -1.51. The van der Waals surface area contributed by atoms with Gasteiger partial charge in [-0.2, -0.15) is 0 Å². The molecule has 1 N–H and O–H groups in total. The van der Waals surface area contributed by atoms with Gasteiger partial charge < -0.3 is 19.7 Å². The zero-order chi connectivity index (χ0) is 18.1. The Morgan fingerprint density at radius 1 is 1.27 bits per heavy atom. The highest BCUT2D eigenvalue weighted by atomic mass is 127. The summed E-state index contributed by atoms with van der Waals surface area (Å²) in [6, 6.07) is 9.85. The number of likely N-dealkylation sites (tertiary alicyclic amines) is 1. The highest BCUT2D eigenvalue weighted by molar-refractivity contribution is 14.0. The fourth-order valence-electron chi connectivity index (χ4n) is 3.06. The first-order chi connectivity index (χ1) is 12.2. The van der Waals surface area contributed by atoms with Crippen molar-refractivity contribution in [3.05, 3.63) is 30.3 Å². The van der Waals surface area contributed by atoms with E-state index in [0.29, 0.717) is 13.2 Å². The van der Waals surface area contributed by atoms with Crippen LogP contribution in [0.15, 0.2) is 35.3 Å². The van der Waals surface area contributed by atoms with Crippen LogP contribution in [0.3, 0.4) is 0 Å². The molecule has 1 saturated heterocycles. The molecule has 0 aromatic heterocycles. The molecule has 1 aliphatic heterocycles. The number of aliphatic imine (C=N–C) groups is 1. The highest BCUT2D eigenvalue weighted by Crippen LogP contribution is 2.24. The maximum absolute atomic E-state index is 11.8. The number of hydrogen-bond donors (Lipinski definition) is 1. The molecular formula is C19H30IN3O3. The van der Waals surface area contributed by atoms with Gasteiger partial charge >= 0.3 is 5.97 Å². The Morgan fingerprint density at radius 3 is 2.65 bits per heavy atom. The molecule has 2 atom stereocenters. The number of nitrogens with zero attached hydrogens (tertiary/aromatic N) is 2. The van der Waals surface area contributed by atoms with E-state index in [-0.39, 0.29) is 41.8 Å². The molecule has 0 amide bonds. The van der Waals surface area contributed by atoms with Crippen LogP contribution in [0.25, 0.3) is 0 Å². The molecule has 2 rings (SSSR count). The quantitative estimate of drug-likeness (QED) is 0.216. The number of esters is 1. The van der Waals surface area contributed by atoms with Gasteiger partial charge in [0.25, 0.3) is 0 Å². The Bertz CT molecular complexity index is 568. The van der Waals surface area contributed by atoms with E-state index in [0.717, 1.165) is 37.6 Å². The summed E-state index contributed by atoms with van der Waals surface area (Å²) in [7, 11) is 3.22. The first kappa shape index (κ1) is 22.5. The molecule has 0 aliphatic carbocycles. The van der Waals surface area contributed by atoms with Crippen molar-refractivity contribution in [2.45, 2.75) is 19.8 Å². The molecule has 7 heteroatoms. The van der Waals surface area contributed by atoms with Gasteiger partial charge in [0, 0.05) is 26.7 Å². The summed E-state index contributed by atoms with van der Waals surface area (Å²) < 4.78 is 10.6. The van der Waals surface area contributed by atoms with Gasteiger partial charge in [-0.1, -0.05) is 25.1 Å². The van der Waals surface area contributed by atoms with Gasteiger partial charge in [-0.15, -0.1) is 24.0 Å². The molecule has 1 aromatic rings. The first-order valence-corrected chi connectivity index (χ1v) is 8.87. The van der Waals surface area contributed by atoms with Gasteiger partial charge in [0.15, 0.2) is 5.96 Å². The minimum Gasteiger partial charge on any atom is -0.494 e. The van der Waals surface area contributed by atoms with E-state index in [1.807, 2.05) is 30.3 Å². The molecule has 0 spiro atoms. The molecule has 1 aromatic carbocycles. The predicted molar refractivity (Wildman–Crippen MR) is 114 cm³/mol. The second-order valence-corrected chi connectivity index (χ2v) is 6.35. The number of ether oxygens (including phenoxy) is 2. The van der Waals surface area contributed by atoms with Crippen LogP contribution >= 0.6 is 24.0 Å². The minimum atomic E-state index is -0.136. The molecule has 0 radical (unpaired) electrons. The highest BCUT2D eigenvalue weighted by Gasteiger charge is 2.36. The Morgan fingerprint density at radius 2 is 2.00 bits per heavy atom. The summed E-state index contributed by atoms with van der Waals surface area (Å²) in [5, 5.41) is 3.38. The van der Waals surface area contributed by atoms with E-state index >= 15 is 0 Å². The largest absolute Gasteiger partial charge is 0.494 e. The summed E-state index contributed by atoms with van der Waals surface area (Å²) in [4.78, 5) is 18.3. The van der Waals surface area contributed by atoms with Crippen LogP contribution in [0.2, 0.25) is 0 Å². The van der Waals surface area contributed by atoms with Gasteiger partial charge in [0.2, 0.25) is 0 Å². The zero-order valence-electron chi connectivity index (χ0n) is 15.8. The number of carbonyl (C=O) groups excluding carboxylic acids is 1. The van der Waals surface area contributed by atoms with Crippen molar-refractivity contribution in [1.82, 2.24) is 10.2 Å². The van der Waals surface area contributed by atoms with Gasteiger partial charge in [0.05, 0.1) is 19.6 Å². The molecular weight excluding hydrogens is 445 g/mol. The molecule has 2 unspecified atom stereocenters. The first-order valence-electron chi connectivity index (χ1n) is 8.87. The fourth-order valence-corrected chi connectivity index (χ4v) is 3.06. The average Bonchev–Trinajstić information content (AvgIpc) is 3.03. The van der Waals surface area contributed by atoms with E-state index in [1.54, 1.807) is 7.05 Å². The SMILES string of the molecule is CN=C(NCCCCOc1ccccc1)N1CC(C)C(C(=O)OC)C1.I. The molecule has 1 aliphatic rings. The number of benzene rings is 1. The number of halogens is 1. The number of para-hydroxylation sites is 1. The summed E-state index contributed by atoms with van der Waals surface area (Å²) >= 11 is 0. The van der Waals surface area contributed by atoms with Crippen LogP contribution in [-0.2, 0) is 9.53 Å². The van der Waals surface area contributed by atoms with E-state index in [2.05, 4.69) is 22.1 Å². The average molecular weight is 475 g/mol. The second-order valence-electron chi connectivity index (χ2n) is 6.35. The lowest BCUT2D eigenvalue weighted by atomic mass is 9.99. The van der Waals surface area contributed by atoms with Crippen molar-refractivity contribution in [3.63, 3.8) is 0 Å². The van der Waals surface area contributed by atoms with Crippen molar-refractivity contribution in [1.29, 1.82) is 0 Å². The number of rotatable bonds is 7. The number of carbonyl (C=O) groups is 1. The number of methoxy groups -OCH3 is 1. The smallest absolute Gasteiger partial charge is 0.310 e. The summed E-state index contributed by atoms with van der Waals surface area (Å²) in [5.41, 5.74) is 0. The van der Waals surface area contributed by atoms with Gasteiger partial charge in [-0.05, 0) is 30.9 Å². The Balaban J connectivity index is 0.00000338. The van der Waals surface area contributed by atoms with Crippen molar-refractivity contribution < 1.29 is 14.3 Å². The third-order valence-corrected chi connectivity index (χ3v) is 4.49. The maximum atomic E-state index is 11.8. The molecule has 0 saturated carbocycles. The summed E-state index contributed by atoms with van der Waals surface area (Å²) in [6.45, 7) is 5.09. The third-order valence-electron chi connectivity index (χ3n) is 4.49. The molecule has 6 nitrogen and oxygen atoms in total.